The van der Waals surface area contributed by atoms with E-state index in [2.05, 4.69) is 5.32 Å². The van der Waals surface area contributed by atoms with Gasteiger partial charge in [0.05, 0.1) is 10.5 Å². The minimum atomic E-state index is -3.63. The molecule has 1 aliphatic rings. The molecular weight excluding hydrogens is 428 g/mol. The van der Waals surface area contributed by atoms with Crippen molar-refractivity contribution in [2.45, 2.75) is 45.1 Å². The number of esters is 1. The van der Waals surface area contributed by atoms with Gasteiger partial charge in [-0.05, 0) is 68.5 Å². The Morgan fingerprint density at radius 2 is 1.56 bits per heavy atom. The van der Waals surface area contributed by atoms with Crippen molar-refractivity contribution < 1.29 is 22.7 Å². The lowest BCUT2D eigenvalue weighted by Gasteiger charge is -2.34. The minimum absolute atomic E-state index is 0.139. The first-order chi connectivity index (χ1) is 15.1. The Morgan fingerprint density at radius 1 is 1.00 bits per heavy atom. The Kier molecular flexibility index (Phi) is 7.36. The number of amides is 1. The van der Waals surface area contributed by atoms with Crippen molar-refractivity contribution in [1.82, 2.24) is 4.31 Å². The van der Waals surface area contributed by atoms with Gasteiger partial charge in [0.2, 0.25) is 10.0 Å². The zero-order valence-corrected chi connectivity index (χ0v) is 19.7. The van der Waals surface area contributed by atoms with Gasteiger partial charge in [0.15, 0.2) is 6.10 Å². The molecule has 1 fully saturated rings. The topological polar surface area (TPSA) is 92.8 Å². The summed E-state index contributed by atoms with van der Waals surface area (Å²) < 4.78 is 32.7. The van der Waals surface area contributed by atoms with Crippen molar-refractivity contribution in [2.24, 2.45) is 11.8 Å². The van der Waals surface area contributed by atoms with E-state index >= 15 is 0 Å². The molecule has 1 aliphatic heterocycles. The molecule has 0 aromatic heterocycles. The molecular formula is C24H30N2O5S. The summed E-state index contributed by atoms with van der Waals surface area (Å²) in [6.07, 6.45) is -0.00419. The largest absolute Gasteiger partial charge is 0.449 e. The number of hydrogen-bond donors (Lipinski definition) is 1. The van der Waals surface area contributed by atoms with Gasteiger partial charge in [-0.1, -0.05) is 31.5 Å². The molecule has 3 rings (SSSR count). The number of nitrogens with zero attached hydrogens (tertiary/aromatic N) is 1. The fraction of sp³-hybridized carbons (Fsp3) is 0.417. The van der Waals surface area contributed by atoms with Gasteiger partial charge in [-0.15, -0.1) is 0 Å². The summed E-state index contributed by atoms with van der Waals surface area (Å²) >= 11 is 0. The molecule has 1 amide bonds. The zero-order valence-electron chi connectivity index (χ0n) is 18.9. The third kappa shape index (κ3) is 5.75. The molecule has 1 N–H and O–H groups in total. The summed E-state index contributed by atoms with van der Waals surface area (Å²) in [5.74, 6) is -0.541. The Balaban J connectivity index is 1.63. The molecule has 8 heteroatoms. The lowest BCUT2D eigenvalue weighted by molar-refractivity contribution is -0.123. The molecule has 1 saturated heterocycles. The molecule has 172 valence electrons. The van der Waals surface area contributed by atoms with E-state index < -0.39 is 28.0 Å². The highest BCUT2D eigenvalue weighted by Crippen LogP contribution is 2.27. The van der Waals surface area contributed by atoms with Gasteiger partial charge in [-0.25, -0.2) is 13.2 Å². The average molecular weight is 459 g/mol. The summed E-state index contributed by atoms with van der Waals surface area (Å²) in [5.41, 5.74) is 1.86. The van der Waals surface area contributed by atoms with Gasteiger partial charge < -0.3 is 10.1 Å². The molecule has 0 bridgehead atoms. The fourth-order valence-electron chi connectivity index (χ4n) is 3.88. The highest BCUT2D eigenvalue weighted by Gasteiger charge is 2.31. The van der Waals surface area contributed by atoms with E-state index in [0.717, 1.165) is 12.0 Å². The average Bonchev–Trinajstić information content (AvgIpc) is 2.74. The quantitative estimate of drug-likeness (QED) is 0.664. The van der Waals surface area contributed by atoms with E-state index in [1.54, 1.807) is 12.1 Å². The highest BCUT2D eigenvalue weighted by molar-refractivity contribution is 7.89. The second kappa shape index (κ2) is 9.83. The Labute approximate surface area is 189 Å². The molecule has 0 aliphatic carbocycles. The third-order valence-corrected chi connectivity index (χ3v) is 7.38. The molecule has 32 heavy (non-hydrogen) atoms. The van der Waals surface area contributed by atoms with Gasteiger partial charge in [-0.2, -0.15) is 4.31 Å². The van der Waals surface area contributed by atoms with Crippen LogP contribution in [0.1, 0.15) is 43.1 Å². The van der Waals surface area contributed by atoms with E-state index in [1.165, 1.54) is 35.5 Å². The van der Waals surface area contributed by atoms with Crippen LogP contribution in [-0.2, 0) is 19.6 Å². The van der Waals surface area contributed by atoms with Crippen LogP contribution in [0.25, 0.3) is 0 Å². The SMILES string of the molecule is Cc1ccc(NC(=O)C(C)OC(=O)c2ccc(S(=O)(=O)N3CC(C)CC(C)C3)cc2)cc1. The number of sulfonamides is 1. The zero-order chi connectivity index (χ0) is 23.5. The molecule has 3 unspecified atom stereocenters. The molecule has 0 saturated carbocycles. The molecule has 3 atom stereocenters. The number of carbonyl (C=O) groups is 2. The Hall–Kier alpha value is -2.71. The second-order valence-electron chi connectivity index (χ2n) is 8.70. The first-order valence-corrected chi connectivity index (χ1v) is 12.2. The van der Waals surface area contributed by atoms with E-state index in [0.29, 0.717) is 30.6 Å². The van der Waals surface area contributed by atoms with Gasteiger partial charge in [0, 0.05) is 18.8 Å². The van der Waals surface area contributed by atoms with E-state index in [9.17, 15) is 18.0 Å². The summed E-state index contributed by atoms with van der Waals surface area (Å²) in [6.45, 7) is 8.51. The summed E-state index contributed by atoms with van der Waals surface area (Å²) in [7, 11) is -3.63. The number of anilines is 1. The number of rotatable bonds is 6. The number of piperidine rings is 1. The van der Waals surface area contributed by atoms with Crippen LogP contribution in [0, 0.1) is 18.8 Å². The van der Waals surface area contributed by atoms with Crippen LogP contribution in [0.3, 0.4) is 0 Å². The van der Waals surface area contributed by atoms with Crippen LogP contribution in [0.2, 0.25) is 0 Å². The first-order valence-electron chi connectivity index (χ1n) is 10.7. The van der Waals surface area contributed by atoms with Crippen molar-refractivity contribution in [1.29, 1.82) is 0 Å². The number of hydrogen-bond acceptors (Lipinski definition) is 5. The predicted octanol–water partition coefficient (Wildman–Crippen LogP) is 3.85. The summed E-state index contributed by atoms with van der Waals surface area (Å²) in [5, 5.41) is 2.70. The molecule has 2 aromatic rings. The number of aryl methyl sites for hydroxylation is 1. The van der Waals surface area contributed by atoms with E-state index in [1.807, 2.05) is 32.9 Å². The van der Waals surface area contributed by atoms with Crippen LogP contribution >= 0.6 is 0 Å². The van der Waals surface area contributed by atoms with Gasteiger partial charge >= 0.3 is 5.97 Å². The van der Waals surface area contributed by atoms with E-state index in [-0.39, 0.29) is 10.5 Å². The van der Waals surface area contributed by atoms with Gasteiger partial charge in [0.1, 0.15) is 0 Å². The summed E-state index contributed by atoms with van der Waals surface area (Å²) in [6, 6.07) is 12.9. The maximum absolute atomic E-state index is 13.0. The van der Waals surface area contributed by atoms with Crippen LogP contribution < -0.4 is 5.32 Å². The predicted molar refractivity (Wildman–Crippen MR) is 123 cm³/mol. The Bertz CT molecular complexity index is 1050. The lowest BCUT2D eigenvalue weighted by atomic mass is 9.94. The maximum atomic E-state index is 13.0. The monoisotopic (exact) mass is 458 g/mol. The van der Waals surface area contributed by atoms with Crippen LogP contribution in [-0.4, -0.2) is 43.8 Å². The Morgan fingerprint density at radius 3 is 2.12 bits per heavy atom. The number of ether oxygens (including phenoxy) is 1. The maximum Gasteiger partial charge on any atom is 0.338 e. The second-order valence-corrected chi connectivity index (χ2v) is 10.6. The van der Waals surface area contributed by atoms with Crippen LogP contribution in [0.5, 0.6) is 0 Å². The molecule has 2 aromatic carbocycles. The number of benzene rings is 2. The third-order valence-electron chi connectivity index (χ3n) is 5.54. The van der Waals surface area contributed by atoms with Crippen molar-refractivity contribution in [3.8, 4) is 0 Å². The standard InChI is InChI=1S/C24H30N2O5S/c1-16-5-9-21(10-6-16)25-23(27)19(4)31-24(28)20-7-11-22(12-8-20)32(29,30)26-14-17(2)13-18(3)15-26/h5-12,17-19H,13-15H2,1-4H3,(H,25,27). The number of carbonyl (C=O) groups excluding carboxylic acids is 2. The van der Waals surface area contributed by atoms with Crippen LogP contribution in [0.15, 0.2) is 53.4 Å². The fourth-order valence-corrected chi connectivity index (χ4v) is 5.56. The lowest BCUT2D eigenvalue weighted by Crippen LogP contribution is -2.42. The highest BCUT2D eigenvalue weighted by atomic mass is 32.2. The molecule has 1 heterocycles. The minimum Gasteiger partial charge on any atom is -0.449 e. The van der Waals surface area contributed by atoms with Crippen molar-refractivity contribution in [2.75, 3.05) is 18.4 Å². The smallest absolute Gasteiger partial charge is 0.338 e. The van der Waals surface area contributed by atoms with Gasteiger partial charge in [0.25, 0.3) is 5.91 Å². The molecule has 0 radical (unpaired) electrons. The van der Waals surface area contributed by atoms with E-state index in [4.69, 9.17) is 4.74 Å². The molecule has 7 nitrogen and oxygen atoms in total. The summed E-state index contributed by atoms with van der Waals surface area (Å²) in [4.78, 5) is 24.9. The van der Waals surface area contributed by atoms with Crippen molar-refractivity contribution >= 4 is 27.6 Å². The number of nitrogens with one attached hydrogen (secondary N) is 1. The van der Waals surface area contributed by atoms with Crippen molar-refractivity contribution in [3.05, 3.63) is 59.7 Å². The molecule has 0 spiro atoms. The first kappa shape index (κ1) is 23.9. The van der Waals surface area contributed by atoms with Gasteiger partial charge in [-0.3, -0.25) is 4.79 Å². The normalized spacial score (nSPS) is 20.4. The van der Waals surface area contributed by atoms with Crippen molar-refractivity contribution in [3.63, 3.8) is 0 Å². The van der Waals surface area contributed by atoms with Crippen LogP contribution in [0.4, 0.5) is 5.69 Å².